The van der Waals surface area contributed by atoms with Crippen molar-refractivity contribution in [2.24, 2.45) is 0 Å². The lowest BCUT2D eigenvalue weighted by atomic mass is 10.1. The fraction of sp³-hybridized carbons (Fsp3) is 0.700. The Bertz CT molecular complexity index is 279. The topological polar surface area (TPSA) is 39.1 Å². The maximum atomic E-state index is 5.81. The van der Waals surface area contributed by atoms with Gasteiger partial charge in [-0.25, -0.2) is 4.98 Å². The Balaban J connectivity index is 1.95. The number of piperidine rings is 1. The molecule has 2 heterocycles. The van der Waals surface area contributed by atoms with Gasteiger partial charge in [-0.3, -0.25) is 0 Å². The van der Waals surface area contributed by atoms with E-state index in [1.165, 1.54) is 6.42 Å². The predicted octanol–water partition coefficient (Wildman–Crippen LogP) is 1.03. The summed E-state index contributed by atoms with van der Waals surface area (Å²) in [4.78, 5) is 4.19. The van der Waals surface area contributed by atoms with E-state index in [4.69, 9.17) is 4.74 Å². The summed E-state index contributed by atoms with van der Waals surface area (Å²) in [5.74, 6) is 0. The van der Waals surface area contributed by atoms with Crippen LogP contribution in [-0.4, -0.2) is 28.7 Å². The third-order valence-corrected chi connectivity index (χ3v) is 2.54. The second kappa shape index (κ2) is 4.46. The first-order chi connectivity index (χ1) is 6.90. The first-order valence-corrected chi connectivity index (χ1v) is 5.28. The average Bonchev–Trinajstić information content (AvgIpc) is 2.67. The standard InChI is InChI=1S/C10H17N3O/c1-2-13-7-6-12-10(13)14-9-4-3-5-11-8-9/h6-7,9,11H,2-5,8H2,1H3. The lowest BCUT2D eigenvalue weighted by Crippen LogP contribution is -2.37. The van der Waals surface area contributed by atoms with Crippen molar-refractivity contribution in [1.29, 1.82) is 0 Å². The zero-order chi connectivity index (χ0) is 9.80. The smallest absolute Gasteiger partial charge is 0.296 e. The van der Waals surface area contributed by atoms with E-state index >= 15 is 0 Å². The molecule has 1 aliphatic heterocycles. The van der Waals surface area contributed by atoms with E-state index in [1.807, 2.05) is 10.8 Å². The Morgan fingerprint density at radius 3 is 3.36 bits per heavy atom. The Hall–Kier alpha value is -1.03. The van der Waals surface area contributed by atoms with Crippen molar-refractivity contribution in [2.45, 2.75) is 32.4 Å². The number of ether oxygens (including phenoxy) is 1. The second-order valence-corrected chi connectivity index (χ2v) is 3.58. The van der Waals surface area contributed by atoms with Crippen molar-refractivity contribution in [2.75, 3.05) is 13.1 Å². The molecule has 1 saturated heterocycles. The minimum Gasteiger partial charge on any atom is -0.460 e. The van der Waals surface area contributed by atoms with E-state index in [1.54, 1.807) is 6.20 Å². The number of nitrogens with zero attached hydrogens (tertiary/aromatic N) is 2. The molecular formula is C10H17N3O. The van der Waals surface area contributed by atoms with Gasteiger partial charge in [-0.05, 0) is 26.3 Å². The van der Waals surface area contributed by atoms with Crippen LogP contribution in [0.15, 0.2) is 12.4 Å². The largest absolute Gasteiger partial charge is 0.460 e. The molecule has 1 fully saturated rings. The molecule has 1 aromatic rings. The van der Waals surface area contributed by atoms with Crippen LogP contribution in [0.5, 0.6) is 6.01 Å². The summed E-state index contributed by atoms with van der Waals surface area (Å²) in [6.45, 7) is 5.06. The third kappa shape index (κ3) is 2.07. The van der Waals surface area contributed by atoms with Gasteiger partial charge in [0.25, 0.3) is 6.01 Å². The van der Waals surface area contributed by atoms with Crippen LogP contribution in [0.2, 0.25) is 0 Å². The van der Waals surface area contributed by atoms with Crippen LogP contribution in [0, 0.1) is 0 Å². The van der Waals surface area contributed by atoms with Gasteiger partial charge in [-0.2, -0.15) is 0 Å². The van der Waals surface area contributed by atoms with Gasteiger partial charge in [-0.15, -0.1) is 0 Å². The molecule has 0 radical (unpaired) electrons. The number of hydrogen-bond donors (Lipinski definition) is 1. The number of aryl methyl sites for hydroxylation is 1. The highest BCUT2D eigenvalue weighted by Crippen LogP contribution is 2.13. The number of nitrogens with one attached hydrogen (secondary N) is 1. The minimum absolute atomic E-state index is 0.288. The minimum atomic E-state index is 0.288. The zero-order valence-electron chi connectivity index (χ0n) is 8.57. The monoisotopic (exact) mass is 195 g/mol. The van der Waals surface area contributed by atoms with Gasteiger partial charge in [0, 0.05) is 25.5 Å². The molecule has 1 unspecified atom stereocenters. The molecule has 0 aromatic carbocycles. The van der Waals surface area contributed by atoms with Crippen LogP contribution in [0.4, 0.5) is 0 Å². The Morgan fingerprint density at radius 1 is 1.71 bits per heavy atom. The molecule has 4 nitrogen and oxygen atoms in total. The van der Waals surface area contributed by atoms with Gasteiger partial charge < -0.3 is 14.6 Å². The van der Waals surface area contributed by atoms with Crippen LogP contribution < -0.4 is 10.1 Å². The van der Waals surface area contributed by atoms with Crippen LogP contribution in [0.3, 0.4) is 0 Å². The Kier molecular flexibility index (Phi) is 3.03. The second-order valence-electron chi connectivity index (χ2n) is 3.58. The summed E-state index contributed by atoms with van der Waals surface area (Å²) in [5.41, 5.74) is 0. The molecule has 0 bridgehead atoms. The number of aromatic nitrogens is 2. The molecule has 1 aliphatic rings. The van der Waals surface area contributed by atoms with Crippen molar-refractivity contribution >= 4 is 0 Å². The van der Waals surface area contributed by atoms with E-state index in [9.17, 15) is 0 Å². The van der Waals surface area contributed by atoms with Crippen LogP contribution in [0.1, 0.15) is 19.8 Å². The zero-order valence-corrected chi connectivity index (χ0v) is 8.57. The van der Waals surface area contributed by atoms with Gasteiger partial charge in [0.05, 0.1) is 0 Å². The van der Waals surface area contributed by atoms with E-state index in [0.717, 1.165) is 32.1 Å². The quantitative estimate of drug-likeness (QED) is 0.783. The molecule has 0 spiro atoms. The molecule has 78 valence electrons. The summed E-state index contributed by atoms with van der Waals surface area (Å²) in [5, 5.41) is 3.32. The first-order valence-electron chi connectivity index (χ1n) is 5.28. The third-order valence-electron chi connectivity index (χ3n) is 2.54. The van der Waals surface area contributed by atoms with Crippen molar-refractivity contribution in [3.63, 3.8) is 0 Å². The Labute approximate surface area is 84.3 Å². The van der Waals surface area contributed by atoms with Crippen LogP contribution in [-0.2, 0) is 6.54 Å². The fourth-order valence-electron chi connectivity index (χ4n) is 1.72. The first kappa shape index (κ1) is 9.52. The molecule has 0 aliphatic carbocycles. The molecule has 4 heteroatoms. The van der Waals surface area contributed by atoms with Crippen molar-refractivity contribution < 1.29 is 4.74 Å². The fourth-order valence-corrected chi connectivity index (χ4v) is 1.72. The van der Waals surface area contributed by atoms with Crippen LogP contribution >= 0.6 is 0 Å². The molecule has 0 saturated carbocycles. The van der Waals surface area contributed by atoms with Crippen molar-refractivity contribution in [1.82, 2.24) is 14.9 Å². The molecule has 0 amide bonds. The SMILES string of the molecule is CCn1ccnc1OC1CCCNC1. The highest BCUT2D eigenvalue weighted by molar-refractivity contribution is 4.99. The highest BCUT2D eigenvalue weighted by Gasteiger charge is 2.16. The molecular weight excluding hydrogens is 178 g/mol. The average molecular weight is 195 g/mol. The van der Waals surface area contributed by atoms with E-state index in [2.05, 4.69) is 17.2 Å². The number of imidazole rings is 1. The van der Waals surface area contributed by atoms with E-state index in [0.29, 0.717) is 0 Å². The van der Waals surface area contributed by atoms with Gasteiger partial charge in [0.2, 0.25) is 0 Å². The Morgan fingerprint density at radius 2 is 2.64 bits per heavy atom. The molecule has 1 aromatic heterocycles. The van der Waals surface area contributed by atoms with Gasteiger partial charge in [0.15, 0.2) is 0 Å². The summed E-state index contributed by atoms with van der Waals surface area (Å²) in [6, 6.07) is 0.751. The number of hydrogen-bond acceptors (Lipinski definition) is 3. The summed E-state index contributed by atoms with van der Waals surface area (Å²) in [7, 11) is 0. The van der Waals surface area contributed by atoms with Crippen molar-refractivity contribution in [3.05, 3.63) is 12.4 Å². The predicted molar refractivity (Wildman–Crippen MR) is 54.4 cm³/mol. The lowest BCUT2D eigenvalue weighted by molar-refractivity contribution is 0.147. The highest BCUT2D eigenvalue weighted by atomic mass is 16.5. The normalized spacial score (nSPS) is 22.2. The van der Waals surface area contributed by atoms with Crippen LogP contribution in [0.25, 0.3) is 0 Å². The summed E-state index contributed by atoms with van der Waals surface area (Å²) in [6.07, 6.45) is 6.35. The van der Waals surface area contributed by atoms with E-state index in [-0.39, 0.29) is 6.10 Å². The summed E-state index contributed by atoms with van der Waals surface area (Å²) >= 11 is 0. The van der Waals surface area contributed by atoms with E-state index < -0.39 is 0 Å². The number of rotatable bonds is 3. The van der Waals surface area contributed by atoms with Gasteiger partial charge in [-0.1, -0.05) is 0 Å². The maximum Gasteiger partial charge on any atom is 0.296 e. The lowest BCUT2D eigenvalue weighted by Gasteiger charge is -2.23. The molecule has 14 heavy (non-hydrogen) atoms. The summed E-state index contributed by atoms with van der Waals surface area (Å²) < 4.78 is 7.83. The van der Waals surface area contributed by atoms with Gasteiger partial charge in [0.1, 0.15) is 6.10 Å². The van der Waals surface area contributed by atoms with Gasteiger partial charge >= 0.3 is 0 Å². The maximum absolute atomic E-state index is 5.81. The molecule has 1 atom stereocenters. The van der Waals surface area contributed by atoms with Crippen molar-refractivity contribution in [3.8, 4) is 6.01 Å². The molecule has 1 N–H and O–H groups in total. The molecule has 2 rings (SSSR count).